The van der Waals surface area contributed by atoms with Crippen LogP contribution in [0.2, 0.25) is 5.02 Å². The minimum atomic E-state index is -0.230. The molecule has 3 aromatic carbocycles. The summed E-state index contributed by atoms with van der Waals surface area (Å²) in [4.78, 5) is 14.9. The van der Waals surface area contributed by atoms with Gasteiger partial charge in [0.25, 0.3) is 5.91 Å². The van der Waals surface area contributed by atoms with Gasteiger partial charge < -0.3 is 10.2 Å². The number of anilines is 1. The summed E-state index contributed by atoms with van der Waals surface area (Å²) >= 11 is 6.35. The minimum Gasteiger partial charge on any atom is -0.361 e. The molecule has 0 radical (unpaired) electrons. The number of carbonyl (C=O) groups is 1. The van der Waals surface area contributed by atoms with Crippen molar-refractivity contribution in [2.24, 2.45) is 0 Å². The maximum absolute atomic E-state index is 13.1. The maximum Gasteiger partial charge on any atom is 0.256 e. The van der Waals surface area contributed by atoms with E-state index in [9.17, 15) is 4.79 Å². The molecule has 1 N–H and O–H groups in total. The molecule has 0 saturated heterocycles. The molecule has 1 amide bonds. The zero-order valence-corrected chi connectivity index (χ0v) is 16.1. The SMILES string of the molecule is Cc1ccc(N[C@@H]2c3ccccc3C(=O)N2Cc2ccccc2Cl)c(C)c1. The number of carbonyl (C=O) groups excluding carboxylic acids is 1. The molecule has 1 atom stereocenters. The summed E-state index contributed by atoms with van der Waals surface area (Å²) in [5.74, 6) is 0.0211. The van der Waals surface area contributed by atoms with Crippen LogP contribution in [0, 0.1) is 13.8 Å². The number of halogens is 1. The highest BCUT2D eigenvalue weighted by Gasteiger charge is 2.36. The first-order valence-electron chi connectivity index (χ1n) is 9.01. The van der Waals surface area contributed by atoms with Crippen molar-refractivity contribution in [3.8, 4) is 0 Å². The molecule has 1 aliphatic heterocycles. The number of hydrogen-bond acceptors (Lipinski definition) is 2. The van der Waals surface area contributed by atoms with Gasteiger partial charge in [-0.2, -0.15) is 0 Å². The van der Waals surface area contributed by atoms with Crippen LogP contribution in [0.25, 0.3) is 0 Å². The second-order valence-corrected chi connectivity index (χ2v) is 7.38. The number of benzene rings is 3. The predicted octanol–water partition coefficient (Wildman–Crippen LogP) is 5.72. The molecule has 0 unspecified atom stereocenters. The lowest BCUT2D eigenvalue weighted by molar-refractivity contribution is 0.0729. The predicted molar refractivity (Wildman–Crippen MR) is 110 cm³/mol. The first-order chi connectivity index (χ1) is 13.0. The van der Waals surface area contributed by atoms with Gasteiger partial charge in [0.05, 0.1) is 0 Å². The normalized spacial score (nSPS) is 15.7. The highest BCUT2D eigenvalue weighted by molar-refractivity contribution is 6.31. The van der Waals surface area contributed by atoms with Crippen LogP contribution < -0.4 is 5.32 Å². The fourth-order valence-corrected chi connectivity index (χ4v) is 3.82. The Hall–Kier alpha value is -2.78. The lowest BCUT2D eigenvalue weighted by Gasteiger charge is -2.28. The molecule has 0 fully saturated rings. The number of amides is 1. The van der Waals surface area contributed by atoms with Gasteiger partial charge in [0.2, 0.25) is 0 Å². The quantitative estimate of drug-likeness (QED) is 0.631. The van der Waals surface area contributed by atoms with E-state index in [2.05, 4.69) is 37.4 Å². The molecule has 136 valence electrons. The van der Waals surface area contributed by atoms with Gasteiger partial charge >= 0.3 is 0 Å². The lowest BCUT2D eigenvalue weighted by atomic mass is 10.1. The summed E-state index contributed by atoms with van der Waals surface area (Å²) < 4.78 is 0. The van der Waals surface area contributed by atoms with Crippen molar-refractivity contribution in [3.63, 3.8) is 0 Å². The zero-order chi connectivity index (χ0) is 19.0. The molecule has 3 nitrogen and oxygen atoms in total. The van der Waals surface area contributed by atoms with E-state index in [1.165, 1.54) is 5.56 Å². The van der Waals surface area contributed by atoms with Crippen LogP contribution in [0.3, 0.4) is 0 Å². The largest absolute Gasteiger partial charge is 0.361 e. The van der Waals surface area contributed by atoms with Crippen LogP contribution in [0.1, 0.15) is 38.8 Å². The average Bonchev–Trinajstić information content (AvgIpc) is 2.92. The first kappa shape index (κ1) is 17.6. The summed E-state index contributed by atoms with van der Waals surface area (Å²) in [6, 6.07) is 21.8. The maximum atomic E-state index is 13.1. The van der Waals surface area contributed by atoms with E-state index in [4.69, 9.17) is 11.6 Å². The van der Waals surface area contributed by atoms with Crippen molar-refractivity contribution < 1.29 is 4.79 Å². The second kappa shape index (κ2) is 7.09. The standard InChI is InChI=1S/C23H21ClN2O/c1-15-11-12-21(16(2)13-15)25-22-18-8-4-5-9-19(18)23(27)26(22)14-17-7-3-6-10-20(17)24/h3-13,22,25H,14H2,1-2H3/t22-/m0/s1. The highest BCUT2D eigenvalue weighted by Crippen LogP contribution is 2.37. The Morgan fingerprint density at radius 3 is 2.52 bits per heavy atom. The van der Waals surface area contributed by atoms with E-state index < -0.39 is 0 Å². The Kier molecular flexibility index (Phi) is 4.63. The van der Waals surface area contributed by atoms with Gasteiger partial charge in [0.15, 0.2) is 0 Å². The van der Waals surface area contributed by atoms with Gasteiger partial charge in [-0.1, -0.05) is 65.7 Å². The van der Waals surface area contributed by atoms with Crippen molar-refractivity contribution in [2.45, 2.75) is 26.6 Å². The molecule has 0 aliphatic carbocycles. The van der Waals surface area contributed by atoms with Crippen LogP contribution in [-0.2, 0) is 6.54 Å². The molecule has 3 aromatic rings. The van der Waals surface area contributed by atoms with E-state index in [-0.39, 0.29) is 12.1 Å². The monoisotopic (exact) mass is 376 g/mol. The van der Waals surface area contributed by atoms with Crippen LogP contribution >= 0.6 is 11.6 Å². The van der Waals surface area contributed by atoms with Crippen molar-refractivity contribution >= 4 is 23.2 Å². The third kappa shape index (κ3) is 3.31. The molecular weight excluding hydrogens is 356 g/mol. The van der Waals surface area contributed by atoms with Crippen LogP contribution in [-0.4, -0.2) is 10.8 Å². The van der Waals surface area contributed by atoms with Gasteiger partial charge in [-0.3, -0.25) is 4.79 Å². The molecule has 0 spiro atoms. The van der Waals surface area contributed by atoms with Crippen molar-refractivity contribution in [1.29, 1.82) is 0 Å². The molecule has 0 aromatic heterocycles. The lowest BCUT2D eigenvalue weighted by Crippen LogP contribution is -2.32. The molecule has 4 heteroatoms. The minimum absolute atomic E-state index is 0.0211. The Labute approximate surface area is 164 Å². The zero-order valence-electron chi connectivity index (χ0n) is 15.4. The number of aryl methyl sites for hydroxylation is 2. The Balaban J connectivity index is 1.72. The van der Waals surface area contributed by atoms with E-state index in [1.54, 1.807) is 0 Å². The summed E-state index contributed by atoms with van der Waals surface area (Å²) in [5, 5.41) is 4.25. The number of hydrogen-bond donors (Lipinski definition) is 1. The van der Waals surface area contributed by atoms with E-state index in [1.807, 2.05) is 53.4 Å². The highest BCUT2D eigenvalue weighted by atomic mass is 35.5. The Morgan fingerprint density at radius 2 is 1.74 bits per heavy atom. The smallest absolute Gasteiger partial charge is 0.256 e. The van der Waals surface area contributed by atoms with E-state index >= 15 is 0 Å². The topological polar surface area (TPSA) is 32.3 Å². The third-order valence-corrected chi connectivity index (χ3v) is 5.40. The van der Waals surface area contributed by atoms with E-state index in [0.717, 1.165) is 27.9 Å². The van der Waals surface area contributed by atoms with Gasteiger partial charge in [-0.25, -0.2) is 0 Å². The average molecular weight is 377 g/mol. The summed E-state index contributed by atoms with van der Waals surface area (Å²) in [6.45, 7) is 4.61. The molecule has 1 aliphatic rings. The molecule has 27 heavy (non-hydrogen) atoms. The second-order valence-electron chi connectivity index (χ2n) is 6.98. The molecule has 0 saturated carbocycles. The fraction of sp³-hybridized carbons (Fsp3) is 0.174. The van der Waals surface area contributed by atoms with Crippen LogP contribution in [0.5, 0.6) is 0 Å². The Bertz CT molecular complexity index is 1010. The Morgan fingerprint density at radius 1 is 1.00 bits per heavy atom. The number of fused-ring (bicyclic) bond motifs is 1. The van der Waals surface area contributed by atoms with Crippen LogP contribution in [0.4, 0.5) is 5.69 Å². The third-order valence-electron chi connectivity index (χ3n) is 5.03. The first-order valence-corrected chi connectivity index (χ1v) is 9.39. The molecular formula is C23H21ClN2O. The van der Waals surface area contributed by atoms with Crippen molar-refractivity contribution in [1.82, 2.24) is 4.90 Å². The van der Waals surface area contributed by atoms with Gasteiger partial charge in [-0.15, -0.1) is 0 Å². The van der Waals surface area contributed by atoms with Crippen molar-refractivity contribution in [2.75, 3.05) is 5.32 Å². The van der Waals surface area contributed by atoms with Gasteiger partial charge in [0, 0.05) is 28.4 Å². The van der Waals surface area contributed by atoms with Gasteiger partial charge in [0.1, 0.15) is 6.17 Å². The van der Waals surface area contributed by atoms with Crippen LogP contribution in [0.15, 0.2) is 66.7 Å². The number of rotatable bonds is 4. The number of nitrogens with one attached hydrogen (secondary N) is 1. The van der Waals surface area contributed by atoms with Crippen molar-refractivity contribution in [3.05, 3.63) is 99.6 Å². The molecule has 0 bridgehead atoms. The molecule has 4 rings (SSSR count). The van der Waals surface area contributed by atoms with Gasteiger partial charge in [-0.05, 0) is 43.2 Å². The van der Waals surface area contributed by atoms with E-state index in [0.29, 0.717) is 11.6 Å². The number of nitrogens with zero attached hydrogens (tertiary/aromatic N) is 1. The summed E-state index contributed by atoms with van der Waals surface area (Å²) in [6.07, 6.45) is -0.230. The summed E-state index contributed by atoms with van der Waals surface area (Å²) in [7, 11) is 0. The summed E-state index contributed by atoms with van der Waals surface area (Å²) in [5.41, 5.74) is 6.08. The fourth-order valence-electron chi connectivity index (χ4n) is 3.62. The molecule has 1 heterocycles.